The van der Waals surface area contributed by atoms with Crippen LogP contribution in [0.15, 0.2) is 52.4 Å². The molecule has 0 aliphatic carbocycles. The molecule has 5 nitrogen and oxygen atoms in total. The zero-order valence-corrected chi connectivity index (χ0v) is 17.6. The van der Waals surface area contributed by atoms with Gasteiger partial charge in [0.15, 0.2) is 0 Å². The molecule has 0 bridgehead atoms. The van der Waals surface area contributed by atoms with Crippen molar-refractivity contribution in [3.05, 3.63) is 53.6 Å². The van der Waals surface area contributed by atoms with Gasteiger partial charge in [-0.1, -0.05) is 44.5 Å². The maximum atomic E-state index is 12.9. The predicted octanol–water partition coefficient (Wildman–Crippen LogP) is 4.74. The third-order valence-corrected chi connectivity index (χ3v) is 6.95. The number of nitrogens with zero attached hydrogens (tertiary/aromatic N) is 2. The molecule has 1 aliphatic rings. The Balaban J connectivity index is 1.83. The van der Waals surface area contributed by atoms with Crippen molar-refractivity contribution in [2.24, 2.45) is 4.99 Å². The molecular formula is C22H28N2O3S. The van der Waals surface area contributed by atoms with Crippen LogP contribution in [0, 0.1) is 0 Å². The molecule has 2 aromatic carbocycles. The number of sulfonamides is 1. The molecule has 6 heteroatoms. The van der Waals surface area contributed by atoms with E-state index in [4.69, 9.17) is 4.74 Å². The lowest BCUT2D eigenvalue weighted by atomic mass is 10.0. The Morgan fingerprint density at radius 3 is 2.32 bits per heavy atom. The SMILES string of the molecule is COc1cc(S(=O)(=O)N2CCCCC2)ccc1N=Cc1ccc(C(C)C)cc1. The Morgan fingerprint density at radius 2 is 1.71 bits per heavy atom. The molecule has 150 valence electrons. The van der Waals surface area contributed by atoms with Crippen LogP contribution in [0.25, 0.3) is 0 Å². The van der Waals surface area contributed by atoms with E-state index in [2.05, 4.69) is 31.0 Å². The molecule has 1 aliphatic heterocycles. The third-order valence-electron chi connectivity index (χ3n) is 5.06. The third kappa shape index (κ3) is 4.62. The quantitative estimate of drug-likeness (QED) is 0.658. The highest BCUT2D eigenvalue weighted by Crippen LogP contribution is 2.32. The van der Waals surface area contributed by atoms with Crippen molar-refractivity contribution in [2.75, 3.05) is 20.2 Å². The van der Waals surface area contributed by atoms with Gasteiger partial charge in [-0.25, -0.2) is 8.42 Å². The van der Waals surface area contributed by atoms with Crippen LogP contribution in [0.3, 0.4) is 0 Å². The van der Waals surface area contributed by atoms with Gasteiger partial charge in [0.2, 0.25) is 10.0 Å². The molecule has 0 amide bonds. The fourth-order valence-electron chi connectivity index (χ4n) is 3.29. The molecule has 1 fully saturated rings. The van der Waals surface area contributed by atoms with Gasteiger partial charge in [-0.05, 0) is 42.0 Å². The van der Waals surface area contributed by atoms with E-state index in [1.807, 2.05) is 12.1 Å². The highest BCUT2D eigenvalue weighted by atomic mass is 32.2. The Morgan fingerprint density at radius 1 is 1.04 bits per heavy atom. The van der Waals surface area contributed by atoms with Crippen LogP contribution in [-0.2, 0) is 10.0 Å². The van der Waals surface area contributed by atoms with E-state index >= 15 is 0 Å². The largest absolute Gasteiger partial charge is 0.494 e. The minimum atomic E-state index is -3.49. The molecule has 0 spiro atoms. The monoisotopic (exact) mass is 400 g/mol. The number of ether oxygens (including phenoxy) is 1. The number of piperidine rings is 1. The summed E-state index contributed by atoms with van der Waals surface area (Å²) in [6.45, 7) is 5.48. The van der Waals surface area contributed by atoms with E-state index in [1.165, 1.54) is 12.7 Å². The van der Waals surface area contributed by atoms with Crippen molar-refractivity contribution in [1.82, 2.24) is 4.31 Å². The molecule has 1 saturated heterocycles. The second kappa shape index (κ2) is 8.88. The van der Waals surface area contributed by atoms with Crippen LogP contribution >= 0.6 is 0 Å². The number of methoxy groups -OCH3 is 1. The lowest BCUT2D eigenvalue weighted by Gasteiger charge is -2.26. The summed E-state index contributed by atoms with van der Waals surface area (Å²) in [7, 11) is -1.96. The van der Waals surface area contributed by atoms with Gasteiger partial charge in [0, 0.05) is 25.4 Å². The highest BCUT2D eigenvalue weighted by Gasteiger charge is 2.26. The molecule has 0 radical (unpaired) electrons. The average molecular weight is 401 g/mol. The Labute approximate surface area is 168 Å². The highest BCUT2D eigenvalue weighted by molar-refractivity contribution is 7.89. The lowest BCUT2D eigenvalue weighted by Crippen LogP contribution is -2.35. The molecular weight excluding hydrogens is 372 g/mol. The van der Waals surface area contributed by atoms with Crippen LogP contribution in [0.5, 0.6) is 5.75 Å². The van der Waals surface area contributed by atoms with Crippen molar-refractivity contribution >= 4 is 21.9 Å². The van der Waals surface area contributed by atoms with Gasteiger partial charge in [-0.15, -0.1) is 0 Å². The van der Waals surface area contributed by atoms with E-state index in [1.54, 1.807) is 28.7 Å². The maximum Gasteiger partial charge on any atom is 0.243 e. The molecule has 0 aromatic heterocycles. The fourth-order valence-corrected chi connectivity index (χ4v) is 4.82. The van der Waals surface area contributed by atoms with Crippen LogP contribution in [0.1, 0.15) is 50.2 Å². The van der Waals surface area contributed by atoms with Crippen molar-refractivity contribution in [3.8, 4) is 5.75 Å². The summed E-state index contributed by atoms with van der Waals surface area (Å²) < 4.78 is 32.7. The fraction of sp³-hybridized carbons (Fsp3) is 0.409. The first-order chi connectivity index (χ1) is 13.4. The predicted molar refractivity (Wildman–Crippen MR) is 113 cm³/mol. The average Bonchev–Trinajstić information content (AvgIpc) is 2.73. The van der Waals surface area contributed by atoms with E-state index in [9.17, 15) is 8.42 Å². The van der Waals surface area contributed by atoms with Gasteiger partial charge in [-0.3, -0.25) is 4.99 Å². The summed E-state index contributed by atoms with van der Waals surface area (Å²) in [5.74, 6) is 0.939. The van der Waals surface area contributed by atoms with E-state index in [0.29, 0.717) is 30.4 Å². The van der Waals surface area contributed by atoms with Gasteiger partial charge in [0.1, 0.15) is 11.4 Å². The first-order valence-corrected chi connectivity index (χ1v) is 11.2. The van der Waals surface area contributed by atoms with Crippen LogP contribution in [-0.4, -0.2) is 39.1 Å². The number of aliphatic imine (C=N–C) groups is 1. The molecule has 1 heterocycles. The molecule has 0 N–H and O–H groups in total. The maximum absolute atomic E-state index is 12.9. The Bertz CT molecular complexity index is 929. The Hall–Kier alpha value is -2.18. The van der Waals surface area contributed by atoms with Crippen LogP contribution in [0.2, 0.25) is 0 Å². The summed E-state index contributed by atoms with van der Waals surface area (Å²) in [5.41, 5.74) is 2.87. The second-order valence-electron chi connectivity index (χ2n) is 7.38. The van der Waals surface area contributed by atoms with Gasteiger partial charge in [-0.2, -0.15) is 4.31 Å². The standard InChI is InChI=1S/C22H28N2O3S/c1-17(2)19-9-7-18(8-10-19)16-23-21-12-11-20(15-22(21)27-3)28(25,26)24-13-5-4-6-14-24/h7-12,15-17H,4-6,13-14H2,1-3H3. The lowest BCUT2D eigenvalue weighted by molar-refractivity contribution is 0.346. The molecule has 0 atom stereocenters. The number of hydrogen-bond acceptors (Lipinski definition) is 4. The van der Waals surface area contributed by atoms with Gasteiger partial charge in [0.25, 0.3) is 0 Å². The van der Waals surface area contributed by atoms with Gasteiger partial charge < -0.3 is 4.74 Å². The first kappa shape index (κ1) is 20.6. The molecule has 3 rings (SSSR count). The summed E-state index contributed by atoms with van der Waals surface area (Å²) in [5, 5.41) is 0. The minimum absolute atomic E-state index is 0.256. The van der Waals surface area contributed by atoms with Gasteiger partial charge in [0.05, 0.1) is 12.0 Å². The summed E-state index contributed by atoms with van der Waals surface area (Å²) >= 11 is 0. The van der Waals surface area contributed by atoms with Crippen LogP contribution in [0.4, 0.5) is 5.69 Å². The summed E-state index contributed by atoms with van der Waals surface area (Å²) in [6.07, 6.45) is 4.67. The smallest absolute Gasteiger partial charge is 0.243 e. The van der Waals surface area contributed by atoms with Crippen molar-refractivity contribution in [1.29, 1.82) is 0 Å². The van der Waals surface area contributed by atoms with Gasteiger partial charge >= 0.3 is 0 Å². The van der Waals surface area contributed by atoms with Crippen LogP contribution < -0.4 is 4.74 Å². The molecule has 28 heavy (non-hydrogen) atoms. The second-order valence-corrected chi connectivity index (χ2v) is 9.32. The van der Waals surface area contributed by atoms with E-state index < -0.39 is 10.0 Å². The normalized spacial score (nSPS) is 16.0. The first-order valence-electron chi connectivity index (χ1n) is 9.74. The van der Waals surface area contributed by atoms with Crippen molar-refractivity contribution < 1.29 is 13.2 Å². The zero-order chi connectivity index (χ0) is 20.1. The minimum Gasteiger partial charge on any atom is -0.494 e. The topological polar surface area (TPSA) is 59.0 Å². The number of benzene rings is 2. The number of rotatable bonds is 6. The zero-order valence-electron chi connectivity index (χ0n) is 16.8. The molecule has 0 unspecified atom stereocenters. The molecule has 0 saturated carbocycles. The Kier molecular flexibility index (Phi) is 6.52. The van der Waals surface area contributed by atoms with Crippen molar-refractivity contribution in [3.63, 3.8) is 0 Å². The summed E-state index contributed by atoms with van der Waals surface area (Å²) in [4.78, 5) is 4.76. The van der Waals surface area contributed by atoms with Crippen molar-refractivity contribution in [2.45, 2.75) is 43.9 Å². The van der Waals surface area contributed by atoms with E-state index in [-0.39, 0.29) is 4.90 Å². The number of hydrogen-bond donors (Lipinski definition) is 0. The molecule has 2 aromatic rings. The summed E-state index contributed by atoms with van der Waals surface area (Å²) in [6, 6.07) is 13.1. The van der Waals surface area contributed by atoms with E-state index in [0.717, 1.165) is 24.8 Å².